The highest BCUT2D eigenvalue weighted by molar-refractivity contribution is 6.31. The van der Waals surface area contributed by atoms with E-state index in [-0.39, 0.29) is 0 Å². The standard InChI is InChI=1S/C15H17ClN2O/c1-3-19-15-9-11(7-8-13(15)17)18-14-6-4-5-12(16)10(14)2/h4-9,18H,3,17H2,1-2H3. The minimum Gasteiger partial charge on any atom is -0.492 e. The van der Waals surface area contributed by atoms with E-state index in [1.54, 1.807) is 0 Å². The number of halogens is 1. The van der Waals surface area contributed by atoms with Crippen molar-refractivity contribution < 1.29 is 4.74 Å². The van der Waals surface area contributed by atoms with Crippen LogP contribution in [0.4, 0.5) is 17.1 Å². The highest BCUT2D eigenvalue weighted by Gasteiger charge is 2.05. The number of nitrogens with two attached hydrogens (primary N) is 1. The van der Waals surface area contributed by atoms with E-state index in [4.69, 9.17) is 22.1 Å². The molecule has 0 spiro atoms. The molecule has 0 amide bonds. The van der Waals surface area contributed by atoms with Gasteiger partial charge in [0.25, 0.3) is 0 Å². The topological polar surface area (TPSA) is 47.3 Å². The fourth-order valence-corrected chi connectivity index (χ4v) is 1.97. The summed E-state index contributed by atoms with van der Waals surface area (Å²) in [5.74, 6) is 0.687. The lowest BCUT2D eigenvalue weighted by molar-refractivity contribution is 0.342. The number of hydrogen-bond donors (Lipinski definition) is 2. The summed E-state index contributed by atoms with van der Waals surface area (Å²) in [6, 6.07) is 11.4. The van der Waals surface area contributed by atoms with Gasteiger partial charge in [0.15, 0.2) is 0 Å². The normalized spacial score (nSPS) is 10.3. The Balaban J connectivity index is 2.28. The number of nitrogens with one attached hydrogen (secondary N) is 1. The summed E-state index contributed by atoms with van der Waals surface area (Å²) in [6.45, 7) is 4.50. The zero-order valence-corrected chi connectivity index (χ0v) is 11.8. The zero-order valence-electron chi connectivity index (χ0n) is 11.0. The van der Waals surface area contributed by atoms with Crippen LogP contribution in [0.3, 0.4) is 0 Å². The molecule has 0 saturated heterocycles. The molecule has 2 aromatic carbocycles. The Morgan fingerprint density at radius 2 is 2.05 bits per heavy atom. The SMILES string of the molecule is CCOc1cc(Nc2cccc(Cl)c2C)ccc1N. The van der Waals surface area contributed by atoms with Crippen molar-refractivity contribution in [2.24, 2.45) is 0 Å². The molecule has 3 N–H and O–H groups in total. The summed E-state index contributed by atoms with van der Waals surface area (Å²) in [5, 5.41) is 4.06. The molecule has 100 valence electrons. The highest BCUT2D eigenvalue weighted by atomic mass is 35.5. The molecule has 19 heavy (non-hydrogen) atoms. The van der Waals surface area contributed by atoms with Gasteiger partial charge in [-0.1, -0.05) is 17.7 Å². The van der Waals surface area contributed by atoms with Gasteiger partial charge in [-0.15, -0.1) is 0 Å². The molecule has 0 heterocycles. The number of nitrogen functional groups attached to an aromatic ring is 1. The Morgan fingerprint density at radius 3 is 2.79 bits per heavy atom. The predicted octanol–water partition coefficient (Wildman–Crippen LogP) is 4.37. The first-order chi connectivity index (χ1) is 9.11. The predicted molar refractivity (Wildman–Crippen MR) is 81.5 cm³/mol. The van der Waals surface area contributed by atoms with Crippen molar-refractivity contribution in [1.82, 2.24) is 0 Å². The third-order valence-electron chi connectivity index (χ3n) is 2.86. The quantitative estimate of drug-likeness (QED) is 0.815. The fourth-order valence-electron chi connectivity index (χ4n) is 1.79. The van der Waals surface area contributed by atoms with Crippen LogP contribution in [0.1, 0.15) is 12.5 Å². The first-order valence-electron chi connectivity index (χ1n) is 6.16. The summed E-state index contributed by atoms with van der Waals surface area (Å²) in [5.41, 5.74) is 9.39. The van der Waals surface area contributed by atoms with Crippen molar-refractivity contribution >= 4 is 28.7 Å². The first-order valence-corrected chi connectivity index (χ1v) is 6.54. The Labute approximate surface area is 118 Å². The smallest absolute Gasteiger partial charge is 0.144 e. The summed E-state index contributed by atoms with van der Waals surface area (Å²) in [4.78, 5) is 0. The van der Waals surface area contributed by atoms with E-state index in [0.717, 1.165) is 22.0 Å². The van der Waals surface area contributed by atoms with Crippen LogP contribution in [0.2, 0.25) is 5.02 Å². The molecular formula is C15H17ClN2O. The molecule has 4 heteroatoms. The van der Waals surface area contributed by atoms with Gasteiger partial charge in [0.2, 0.25) is 0 Å². The van der Waals surface area contributed by atoms with Crippen molar-refractivity contribution in [3.63, 3.8) is 0 Å². The van der Waals surface area contributed by atoms with E-state index in [1.165, 1.54) is 0 Å². The van der Waals surface area contributed by atoms with Crippen LogP contribution >= 0.6 is 11.6 Å². The number of anilines is 3. The number of rotatable bonds is 4. The fraction of sp³-hybridized carbons (Fsp3) is 0.200. The Hall–Kier alpha value is -1.87. The van der Waals surface area contributed by atoms with Gasteiger partial charge >= 0.3 is 0 Å². The van der Waals surface area contributed by atoms with Gasteiger partial charge in [0.1, 0.15) is 5.75 Å². The van der Waals surface area contributed by atoms with Crippen molar-refractivity contribution in [2.45, 2.75) is 13.8 Å². The monoisotopic (exact) mass is 276 g/mol. The van der Waals surface area contributed by atoms with E-state index in [9.17, 15) is 0 Å². The average Bonchev–Trinajstić information content (AvgIpc) is 2.39. The van der Waals surface area contributed by atoms with Crippen molar-refractivity contribution in [3.8, 4) is 5.75 Å². The largest absolute Gasteiger partial charge is 0.492 e. The van der Waals surface area contributed by atoms with Crippen LogP contribution in [0.5, 0.6) is 5.75 Å². The third kappa shape index (κ3) is 3.12. The van der Waals surface area contributed by atoms with Crippen molar-refractivity contribution in [2.75, 3.05) is 17.7 Å². The van der Waals surface area contributed by atoms with Gasteiger partial charge in [0.05, 0.1) is 12.3 Å². The number of ether oxygens (including phenoxy) is 1. The van der Waals surface area contributed by atoms with Gasteiger partial charge in [-0.3, -0.25) is 0 Å². The first kappa shape index (κ1) is 13.6. The highest BCUT2D eigenvalue weighted by Crippen LogP contribution is 2.30. The van der Waals surface area contributed by atoms with Gasteiger partial charge in [-0.25, -0.2) is 0 Å². The van der Waals surface area contributed by atoms with E-state index in [0.29, 0.717) is 18.0 Å². The van der Waals surface area contributed by atoms with E-state index >= 15 is 0 Å². The van der Waals surface area contributed by atoms with Crippen LogP contribution in [0.15, 0.2) is 36.4 Å². The third-order valence-corrected chi connectivity index (χ3v) is 3.27. The van der Waals surface area contributed by atoms with Crippen LogP contribution in [-0.2, 0) is 0 Å². The molecule has 0 aliphatic carbocycles. The summed E-state index contributed by atoms with van der Waals surface area (Å²) in [7, 11) is 0. The molecule has 0 aliphatic rings. The van der Waals surface area contributed by atoms with Crippen LogP contribution < -0.4 is 15.8 Å². The van der Waals surface area contributed by atoms with E-state index < -0.39 is 0 Å². The minimum atomic E-state index is 0.587. The second-order valence-electron chi connectivity index (χ2n) is 4.22. The van der Waals surface area contributed by atoms with Crippen LogP contribution in [0, 0.1) is 6.92 Å². The van der Waals surface area contributed by atoms with Gasteiger partial charge in [0, 0.05) is 22.5 Å². The van der Waals surface area contributed by atoms with Gasteiger partial charge < -0.3 is 15.8 Å². The van der Waals surface area contributed by atoms with E-state index in [1.807, 2.05) is 50.2 Å². The van der Waals surface area contributed by atoms with Crippen molar-refractivity contribution in [3.05, 3.63) is 47.0 Å². The number of hydrogen-bond acceptors (Lipinski definition) is 3. The Bertz CT molecular complexity index is 584. The maximum Gasteiger partial charge on any atom is 0.144 e. The zero-order chi connectivity index (χ0) is 13.8. The lowest BCUT2D eigenvalue weighted by Crippen LogP contribution is -1.99. The van der Waals surface area contributed by atoms with Gasteiger partial charge in [-0.05, 0) is 43.7 Å². The van der Waals surface area contributed by atoms with Crippen LogP contribution in [-0.4, -0.2) is 6.61 Å². The molecule has 3 nitrogen and oxygen atoms in total. The molecule has 2 rings (SSSR count). The van der Waals surface area contributed by atoms with Crippen molar-refractivity contribution in [1.29, 1.82) is 0 Å². The maximum absolute atomic E-state index is 6.10. The molecular weight excluding hydrogens is 260 g/mol. The lowest BCUT2D eigenvalue weighted by Gasteiger charge is -2.13. The average molecular weight is 277 g/mol. The lowest BCUT2D eigenvalue weighted by atomic mass is 10.2. The molecule has 0 aliphatic heterocycles. The summed E-state index contributed by atoms with van der Waals surface area (Å²) < 4.78 is 5.48. The number of benzene rings is 2. The molecule has 0 saturated carbocycles. The summed E-state index contributed by atoms with van der Waals surface area (Å²) >= 11 is 6.10. The second-order valence-corrected chi connectivity index (χ2v) is 4.63. The molecule has 0 bridgehead atoms. The van der Waals surface area contributed by atoms with Gasteiger partial charge in [-0.2, -0.15) is 0 Å². The van der Waals surface area contributed by atoms with Crippen LogP contribution in [0.25, 0.3) is 0 Å². The molecule has 0 atom stereocenters. The molecule has 0 fully saturated rings. The molecule has 2 aromatic rings. The molecule has 0 unspecified atom stereocenters. The Morgan fingerprint density at radius 1 is 1.26 bits per heavy atom. The van der Waals surface area contributed by atoms with E-state index in [2.05, 4.69) is 5.32 Å². The molecule has 0 aromatic heterocycles. The summed E-state index contributed by atoms with van der Waals surface area (Å²) in [6.07, 6.45) is 0. The Kier molecular flexibility index (Phi) is 4.17. The molecule has 0 radical (unpaired) electrons. The second kappa shape index (κ2) is 5.85. The minimum absolute atomic E-state index is 0.587. The maximum atomic E-state index is 6.10.